The minimum Gasteiger partial charge on any atom is -0.396 e. The summed E-state index contributed by atoms with van der Waals surface area (Å²) >= 11 is 0. The van der Waals surface area contributed by atoms with Gasteiger partial charge < -0.3 is 9.84 Å². The van der Waals surface area contributed by atoms with E-state index in [9.17, 15) is 5.26 Å². The summed E-state index contributed by atoms with van der Waals surface area (Å²) in [5, 5.41) is 18.0. The standard InChI is InChI=1S/C12H21NO2/c1-10-4-5-12(9-13,11(2)8-10)15-7-3-6-14/h10-11,14H,3-8H2,1-2H3. The van der Waals surface area contributed by atoms with Gasteiger partial charge in [0.05, 0.1) is 12.7 Å². The van der Waals surface area contributed by atoms with Crippen LogP contribution in [0.5, 0.6) is 0 Å². The van der Waals surface area contributed by atoms with Gasteiger partial charge in [0, 0.05) is 6.61 Å². The largest absolute Gasteiger partial charge is 0.396 e. The van der Waals surface area contributed by atoms with Gasteiger partial charge in [0.2, 0.25) is 0 Å². The smallest absolute Gasteiger partial charge is 0.156 e. The first-order valence-electron chi connectivity index (χ1n) is 5.80. The van der Waals surface area contributed by atoms with Gasteiger partial charge >= 0.3 is 0 Å². The van der Waals surface area contributed by atoms with E-state index < -0.39 is 5.60 Å². The van der Waals surface area contributed by atoms with Gasteiger partial charge in [-0.2, -0.15) is 5.26 Å². The van der Waals surface area contributed by atoms with Crippen LogP contribution in [0.15, 0.2) is 0 Å². The van der Waals surface area contributed by atoms with Gasteiger partial charge in [-0.1, -0.05) is 13.8 Å². The molecule has 3 unspecified atom stereocenters. The molecule has 0 aliphatic heterocycles. The minimum atomic E-state index is -0.596. The van der Waals surface area contributed by atoms with Gasteiger partial charge in [-0.15, -0.1) is 0 Å². The predicted molar refractivity (Wildman–Crippen MR) is 58.2 cm³/mol. The monoisotopic (exact) mass is 211 g/mol. The van der Waals surface area contributed by atoms with Crippen LogP contribution in [0.3, 0.4) is 0 Å². The van der Waals surface area contributed by atoms with Crippen LogP contribution < -0.4 is 0 Å². The average Bonchev–Trinajstić information content (AvgIpc) is 2.22. The van der Waals surface area contributed by atoms with Crippen LogP contribution in [-0.2, 0) is 4.74 Å². The van der Waals surface area contributed by atoms with Crippen LogP contribution in [0.4, 0.5) is 0 Å². The van der Waals surface area contributed by atoms with E-state index in [0.29, 0.717) is 24.9 Å². The Kier molecular flexibility index (Phi) is 4.56. The first-order chi connectivity index (χ1) is 7.14. The second kappa shape index (κ2) is 5.48. The van der Waals surface area contributed by atoms with E-state index in [-0.39, 0.29) is 6.61 Å². The van der Waals surface area contributed by atoms with Gasteiger partial charge in [0.15, 0.2) is 5.60 Å². The van der Waals surface area contributed by atoms with Crippen molar-refractivity contribution in [2.24, 2.45) is 11.8 Å². The summed E-state index contributed by atoms with van der Waals surface area (Å²) < 4.78 is 5.70. The molecule has 0 bridgehead atoms. The molecule has 0 saturated heterocycles. The summed E-state index contributed by atoms with van der Waals surface area (Å²) in [6.07, 6.45) is 3.58. The second-order valence-electron chi connectivity index (χ2n) is 4.71. The van der Waals surface area contributed by atoms with Gasteiger partial charge in [-0.25, -0.2) is 0 Å². The molecule has 3 heteroatoms. The van der Waals surface area contributed by atoms with Gasteiger partial charge in [0.1, 0.15) is 0 Å². The molecule has 0 amide bonds. The molecule has 15 heavy (non-hydrogen) atoms. The predicted octanol–water partition coefficient (Wildman–Crippen LogP) is 2.10. The van der Waals surface area contributed by atoms with Crippen molar-refractivity contribution in [1.82, 2.24) is 0 Å². The fourth-order valence-electron chi connectivity index (χ4n) is 2.35. The molecule has 0 radical (unpaired) electrons. The summed E-state index contributed by atoms with van der Waals surface area (Å²) in [7, 11) is 0. The fourth-order valence-corrected chi connectivity index (χ4v) is 2.35. The zero-order valence-electron chi connectivity index (χ0n) is 9.70. The number of hydrogen-bond donors (Lipinski definition) is 1. The Balaban J connectivity index is 2.55. The third-order valence-corrected chi connectivity index (χ3v) is 3.41. The number of ether oxygens (including phenoxy) is 1. The highest BCUT2D eigenvalue weighted by atomic mass is 16.5. The summed E-state index contributed by atoms with van der Waals surface area (Å²) in [6.45, 7) is 4.94. The van der Waals surface area contributed by atoms with Crippen LogP contribution in [-0.4, -0.2) is 23.9 Å². The highest BCUT2D eigenvalue weighted by Crippen LogP contribution is 2.38. The summed E-state index contributed by atoms with van der Waals surface area (Å²) in [4.78, 5) is 0. The van der Waals surface area contributed by atoms with Crippen molar-refractivity contribution in [2.45, 2.75) is 45.1 Å². The fraction of sp³-hybridized carbons (Fsp3) is 0.917. The molecule has 1 saturated carbocycles. The van der Waals surface area contributed by atoms with Crippen molar-refractivity contribution < 1.29 is 9.84 Å². The third kappa shape index (κ3) is 2.93. The lowest BCUT2D eigenvalue weighted by Gasteiger charge is -2.39. The topological polar surface area (TPSA) is 53.2 Å². The molecule has 1 fully saturated rings. The Morgan fingerprint density at radius 1 is 1.53 bits per heavy atom. The highest BCUT2D eigenvalue weighted by Gasteiger charge is 2.41. The van der Waals surface area contributed by atoms with E-state index in [1.807, 2.05) is 0 Å². The van der Waals surface area contributed by atoms with E-state index >= 15 is 0 Å². The zero-order valence-corrected chi connectivity index (χ0v) is 9.70. The van der Waals surface area contributed by atoms with Crippen molar-refractivity contribution in [3.8, 4) is 6.07 Å². The Hall–Kier alpha value is -0.590. The number of nitrogens with zero attached hydrogens (tertiary/aromatic N) is 1. The van der Waals surface area contributed by atoms with Crippen molar-refractivity contribution in [2.75, 3.05) is 13.2 Å². The quantitative estimate of drug-likeness (QED) is 0.724. The number of rotatable bonds is 4. The molecule has 3 nitrogen and oxygen atoms in total. The molecule has 86 valence electrons. The van der Waals surface area contributed by atoms with Crippen LogP contribution in [0.2, 0.25) is 0 Å². The molecule has 0 heterocycles. The minimum absolute atomic E-state index is 0.131. The molecule has 0 aromatic rings. The van der Waals surface area contributed by atoms with Gasteiger partial charge in [0.25, 0.3) is 0 Å². The SMILES string of the molecule is CC1CCC(C#N)(OCCCO)C(C)C1. The maximum absolute atomic E-state index is 9.26. The van der Waals surface area contributed by atoms with Crippen LogP contribution in [0.25, 0.3) is 0 Å². The molecule has 0 spiro atoms. The van der Waals surface area contributed by atoms with Gasteiger partial charge in [-0.3, -0.25) is 0 Å². The molecular formula is C12H21NO2. The Morgan fingerprint density at radius 3 is 2.80 bits per heavy atom. The first-order valence-corrected chi connectivity index (χ1v) is 5.80. The van der Waals surface area contributed by atoms with E-state index in [2.05, 4.69) is 19.9 Å². The van der Waals surface area contributed by atoms with Crippen LogP contribution >= 0.6 is 0 Å². The van der Waals surface area contributed by atoms with E-state index in [0.717, 1.165) is 19.3 Å². The lowest BCUT2D eigenvalue weighted by atomic mass is 9.73. The van der Waals surface area contributed by atoms with E-state index in [1.54, 1.807) is 0 Å². The molecule has 0 aromatic heterocycles. The Bertz CT molecular complexity index is 236. The first kappa shape index (κ1) is 12.5. The molecular weight excluding hydrogens is 190 g/mol. The van der Waals surface area contributed by atoms with Crippen molar-refractivity contribution in [1.29, 1.82) is 5.26 Å². The maximum Gasteiger partial charge on any atom is 0.156 e. The molecule has 1 rings (SSSR count). The number of nitriles is 1. The lowest BCUT2D eigenvalue weighted by Crippen LogP contribution is -2.42. The van der Waals surface area contributed by atoms with Gasteiger partial charge in [-0.05, 0) is 37.5 Å². The Labute approximate surface area is 92.0 Å². The zero-order chi connectivity index (χ0) is 11.3. The normalized spacial score (nSPS) is 36.1. The second-order valence-corrected chi connectivity index (χ2v) is 4.71. The number of hydrogen-bond acceptors (Lipinski definition) is 3. The lowest BCUT2D eigenvalue weighted by molar-refractivity contribution is -0.0733. The molecule has 0 aromatic carbocycles. The Morgan fingerprint density at radius 2 is 2.27 bits per heavy atom. The van der Waals surface area contributed by atoms with E-state index in [4.69, 9.17) is 9.84 Å². The number of aliphatic hydroxyl groups excluding tert-OH is 1. The maximum atomic E-state index is 9.26. The molecule has 3 atom stereocenters. The van der Waals surface area contributed by atoms with Crippen LogP contribution in [0, 0.1) is 23.2 Å². The van der Waals surface area contributed by atoms with Crippen molar-refractivity contribution in [3.05, 3.63) is 0 Å². The summed E-state index contributed by atoms with van der Waals surface area (Å²) in [5.41, 5.74) is -0.596. The van der Waals surface area contributed by atoms with E-state index in [1.165, 1.54) is 0 Å². The molecule has 1 aliphatic rings. The number of aliphatic hydroxyl groups is 1. The van der Waals surface area contributed by atoms with Crippen molar-refractivity contribution >= 4 is 0 Å². The third-order valence-electron chi connectivity index (χ3n) is 3.41. The van der Waals surface area contributed by atoms with Crippen LogP contribution in [0.1, 0.15) is 39.5 Å². The summed E-state index contributed by atoms with van der Waals surface area (Å²) in [6, 6.07) is 2.34. The highest BCUT2D eigenvalue weighted by molar-refractivity contribution is 5.07. The van der Waals surface area contributed by atoms with Crippen molar-refractivity contribution in [3.63, 3.8) is 0 Å². The molecule has 1 aliphatic carbocycles. The molecule has 1 N–H and O–H groups in total. The summed E-state index contributed by atoms with van der Waals surface area (Å²) in [5.74, 6) is 0.993. The average molecular weight is 211 g/mol.